The number of carboxylic acids is 1. The highest BCUT2D eigenvalue weighted by Gasteiger charge is 2.10. The number of hydrogen-bond donors (Lipinski definition) is 1. The van der Waals surface area contributed by atoms with E-state index in [1.165, 1.54) is 5.56 Å². The third-order valence-corrected chi connectivity index (χ3v) is 3.16. The zero-order chi connectivity index (χ0) is 14.4. The quantitative estimate of drug-likeness (QED) is 0.823. The van der Waals surface area contributed by atoms with Crippen molar-refractivity contribution in [3.8, 4) is 5.75 Å². The molecule has 0 aliphatic carbocycles. The standard InChI is InChI=1S/C15H23NO3/c1-11(2)13-10-12(7-8-14(13)19-4)16(3)9-5-6-15(17)18/h7-8,10-11H,5-6,9H2,1-4H3,(H,17,18). The number of hydrogen-bond acceptors (Lipinski definition) is 3. The van der Waals surface area contributed by atoms with E-state index in [1.54, 1.807) is 7.11 Å². The molecule has 0 spiro atoms. The summed E-state index contributed by atoms with van der Waals surface area (Å²) in [6.07, 6.45) is 0.854. The number of carboxylic acid groups (broad SMARTS) is 1. The van der Waals surface area contributed by atoms with Crippen LogP contribution in [0.25, 0.3) is 0 Å². The van der Waals surface area contributed by atoms with E-state index in [9.17, 15) is 4.79 Å². The van der Waals surface area contributed by atoms with E-state index in [2.05, 4.69) is 24.8 Å². The number of anilines is 1. The van der Waals surface area contributed by atoms with Crippen LogP contribution in [-0.2, 0) is 4.79 Å². The smallest absolute Gasteiger partial charge is 0.303 e. The van der Waals surface area contributed by atoms with Crippen LogP contribution in [0.5, 0.6) is 5.75 Å². The minimum Gasteiger partial charge on any atom is -0.496 e. The van der Waals surface area contributed by atoms with Gasteiger partial charge in [-0.25, -0.2) is 0 Å². The van der Waals surface area contributed by atoms with Gasteiger partial charge in [-0.2, -0.15) is 0 Å². The molecule has 1 aromatic carbocycles. The molecule has 0 bridgehead atoms. The number of rotatable bonds is 7. The molecule has 0 saturated carbocycles. The number of ether oxygens (including phenoxy) is 1. The van der Waals surface area contributed by atoms with Crippen LogP contribution >= 0.6 is 0 Å². The van der Waals surface area contributed by atoms with Gasteiger partial charge in [0, 0.05) is 25.7 Å². The molecule has 1 aromatic rings. The summed E-state index contributed by atoms with van der Waals surface area (Å²) in [6.45, 7) is 4.99. The van der Waals surface area contributed by atoms with Gasteiger partial charge in [-0.3, -0.25) is 4.79 Å². The molecule has 4 nitrogen and oxygen atoms in total. The summed E-state index contributed by atoms with van der Waals surface area (Å²) in [5, 5.41) is 8.65. The second-order valence-corrected chi connectivity index (χ2v) is 5.00. The highest BCUT2D eigenvalue weighted by molar-refractivity contribution is 5.66. The van der Waals surface area contributed by atoms with E-state index < -0.39 is 5.97 Å². The fourth-order valence-electron chi connectivity index (χ4n) is 2.01. The normalized spacial score (nSPS) is 10.6. The largest absolute Gasteiger partial charge is 0.496 e. The van der Waals surface area contributed by atoms with Crippen LogP contribution in [0, 0.1) is 0 Å². The molecule has 4 heteroatoms. The summed E-state index contributed by atoms with van der Waals surface area (Å²) >= 11 is 0. The van der Waals surface area contributed by atoms with Crippen LogP contribution in [-0.4, -0.2) is 31.8 Å². The van der Waals surface area contributed by atoms with Crippen molar-refractivity contribution in [1.82, 2.24) is 0 Å². The lowest BCUT2D eigenvalue weighted by molar-refractivity contribution is -0.137. The van der Waals surface area contributed by atoms with Gasteiger partial charge < -0.3 is 14.7 Å². The van der Waals surface area contributed by atoms with Gasteiger partial charge in [-0.15, -0.1) is 0 Å². The molecular weight excluding hydrogens is 242 g/mol. The van der Waals surface area contributed by atoms with E-state index in [0.29, 0.717) is 12.3 Å². The van der Waals surface area contributed by atoms with Gasteiger partial charge in [-0.05, 0) is 36.1 Å². The van der Waals surface area contributed by atoms with Gasteiger partial charge in [0.1, 0.15) is 5.75 Å². The summed E-state index contributed by atoms with van der Waals surface area (Å²) < 4.78 is 5.36. The first-order valence-corrected chi connectivity index (χ1v) is 6.56. The average molecular weight is 265 g/mol. The van der Waals surface area contributed by atoms with Crippen molar-refractivity contribution in [2.24, 2.45) is 0 Å². The molecule has 0 aliphatic rings. The molecule has 0 saturated heterocycles. The van der Waals surface area contributed by atoms with E-state index in [0.717, 1.165) is 18.0 Å². The summed E-state index contributed by atoms with van der Waals surface area (Å²) in [4.78, 5) is 12.6. The molecule has 0 amide bonds. The van der Waals surface area contributed by atoms with E-state index >= 15 is 0 Å². The number of aliphatic carboxylic acids is 1. The molecule has 106 valence electrons. The molecule has 0 fully saturated rings. The molecule has 0 aromatic heterocycles. The summed E-state index contributed by atoms with van der Waals surface area (Å²) in [5.41, 5.74) is 2.26. The third-order valence-electron chi connectivity index (χ3n) is 3.16. The fraction of sp³-hybridized carbons (Fsp3) is 0.533. The van der Waals surface area contributed by atoms with Gasteiger partial charge in [0.2, 0.25) is 0 Å². The van der Waals surface area contributed by atoms with Crippen molar-refractivity contribution < 1.29 is 14.6 Å². The van der Waals surface area contributed by atoms with Crippen LogP contribution in [0.1, 0.15) is 38.2 Å². The Morgan fingerprint density at radius 1 is 1.42 bits per heavy atom. The second kappa shape index (κ2) is 7.02. The lowest BCUT2D eigenvalue weighted by Crippen LogP contribution is -2.19. The first kappa shape index (κ1) is 15.3. The Hall–Kier alpha value is -1.71. The molecule has 0 atom stereocenters. The van der Waals surface area contributed by atoms with Gasteiger partial charge in [0.15, 0.2) is 0 Å². The minimum atomic E-state index is -0.744. The molecule has 0 unspecified atom stereocenters. The van der Waals surface area contributed by atoms with Crippen LogP contribution in [0.4, 0.5) is 5.69 Å². The maximum Gasteiger partial charge on any atom is 0.303 e. The molecule has 1 rings (SSSR count). The van der Waals surface area contributed by atoms with Crippen LogP contribution in [0.3, 0.4) is 0 Å². The van der Waals surface area contributed by atoms with Crippen molar-refractivity contribution in [2.45, 2.75) is 32.6 Å². The Morgan fingerprint density at radius 3 is 2.63 bits per heavy atom. The molecular formula is C15H23NO3. The van der Waals surface area contributed by atoms with Crippen LogP contribution in [0.15, 0.2) is 18.2 Å². The maximum atomic E-state index is 10.5. The molecule has 19 heavy (non-hydrogen) atoms. The monoisotopic (exact) mass is 265 g/mol. The zero-order valence-electron chi connectivity index (χ0n) is 12.1. The topological polar surface area (TPSA) is 49.8 Å². The lowest BCUT2D eigenvalue weighted by Gasteiger charge is -2.21. The van der Waals surface area contributed by atoms with Gasteiger partial charge in [0.25, 0.3) is 0 Å². The first-order valence-electron chi connectivity index (χ1n) is 6.56. The van der Waals surface area contributed by atoms with Crippen LogP contribution < -0.4 is 9.64 Å². The molecule has 1 N–H and O–H groups in total. The Bertz CT molecular complexity index is 429. The van der Waals surface area contributed by atoms with E-state index in [-0.39, 0.29) is 6.42 Å². The van der Waals surface area contributed by atoms with Crippen molar-refractivity contribution in [2.75, 3.05) is 25.6 Å². The Morgan fingerprint density at radius 2 is 2.11 bits per heavy atom. The number of benzene rings is 1. The van der Waals surface area contributed by atoms with Crippen molar-refractivity contribution in [1.29, 1.82) is 0 Å². The zero-order valence-corrected chi connectivity index (χ0v) is 12.1. The third kappa shape index (κ3) is 4.47. The Labute approximate surface area is 115 Å². The molecule has 0 aliphatic heterocycles. The summed E-state index contributed by atoms with van der Waals surface area (Å²) in [6, 6.07) is 6.09. The van der Waals surface area contributed by atoms with Crippen molar-refractivity contribution >= 4 is 11.7 Å². The fourth-order valence-corrected chi connectivity index (χ4v) is 2.01. The lowest BCUT2D eigenvalue weighted by atomic mass is 10.0. The summed E-state index contributed by atoms with van der Waals surface area (Å²) in [5.74, 6) is 0.547. The molecule has 0 heterocycles. The first-order chi connectivity index (χ1) is 8.95. The van der Waals surface area contributed by atoms with Gasteiger partial charge in [-0.1, -0.05) is 13.8 Å². The predicted octanol–water partition coefficient (Wildman–Crippen LogP) is 3.12. The van der Waals surface area contributed by atoms with Crippen molar-refractivity contribution in [3.63, 3.8) is 0 Å². The predicted molar refractivity (Wildman–Crippen MR) is 77.2 cm³/mol. The van der Waals surface area contributed by atoms with Gasteiger partial charge in [0.05, 0.1) is 7.11 Å². The Balaban J connectivity index is 2.77. The number of methoxy groups -OCH3 is 1. The number of carbonyl (C=O) groups is 1. The summed E-state index contributed by atoms with van der Waals surface area (Å²) in [7, 11) is 3.66. The van der Waals surface area contributed by atoms with Crippen molar-refractivity contribution in [3.05, 3.63) is 23.8 Å². The second-order valence-electron chi connectivity index (χ2n) is 5.00. The minimum absolute atomic E-state index is 0.206. The Kier molecular flexibility index (Phi) is 5.67. The highest BCUT2D eigenvalue weighted by Crippen LogP contribution is 2.30. The number of nitrogens with zero attached hydrogens (tertiary/aromatic N) is 1. The SMILES string of the molecule is COc1ccc(N(C)CCCC(=O)O)cc1C(C)C. The average Bonchev–Trinajstić information content (AvgIpc) is 2.37. The van der Waals surface area contributed by atoms with E-state index in [1.807, 2.05) is 19.2 Å². The molecule has 0 radical (unpaired) electrons. The maximum absolute atomic E-state index is 10.5. The van der Waals surface area contributed by atoms with Crippen LogP contribution in [0.2, 0.25) is 0 Å². The highest BCUT2D eigenvalue weighted by atomic mass is 16.5. The van der Waals surface area contributed by atoms with E-state index in [4.69, 9.17) is 9.84 Å². The van der Waals surface area contributed by atoms with Gasteiger partial charge >= 0.3 is 5.97 Å².